The highest BCUT2D eigenvalue weighted by Gasteiger charge is 2.10. The minimum Gasteiger partial charge on any atom is -0.352 e. The van der Waals surface area contributed by atoms with Gasteiger partial charge in [-0.25, -0.2) is 18.5 Å². The second-order valence-electron chi connectivity index (χ2n) is 5.34. The van der Waals surface area contributed by atoms with Crippen molar-refractivity contribution in [2.75, 3.05) is 0 Å². The third kappa shape index (κ3) is 3.79. The molecule has 0 unspecified atom stereocenters. The van der Waals surface area contributed by atoms with E-state index in [1.54, 1.807) is 18.3 Å². The smallest absolute Gasteiger partial charge is 0.238 e. The average Bonchev–Trinajstić information content (AvgIpc) is 2.94. The van der Waals surface area contributed by atoms with Gasteiger partial charge in [-0.3, -0.25) is 4.79 Å². The van der Waals surface area contributed by atoms with E-state index in [2.05, 4.69) is 10.3 Å². The van der Waals surface area contributed by atoms with Gasteiger partial charge in [-0.05, 0) is 29.8 Å². The van der Waals surface area contributed by atoms with Crippen LogP contribution in [0.2, 0.25) is 0 Å². The first-order chi connectivity index (χ1) is 11.4. The van der Waals surface area contributed by atoms with Crippen LogP contribution in [-0.2, 0) is 27.8 Å². The highest BCUT2D eigenvalue weighted by atomic mass is 32.2. The largest absolute Gasteiger partial charge is 0.352 e. The minimum absolute atomic E-state index is 0.0228. The highest BCUT2D eigenvalue weighted by Crippen LogP contribution is 2.10. The molecule has 0 spiro atoms. The second-order valence-corrected chi connectivity index (χ2v) is 6.91. The van der Waals surface area contributed by atoms with Crippen molar-refractivity contribution in [1.29, 1.82) is 0 Å². The Kier molecular flexibility index (Phi) is 4.32. The SMILES string of the molecule is NS(=O)(=O)c1cccc(CNC(=O)Cc2cn3ccccc3n2)c1. The summed E-state index contributed by atoms with van der Waals surface area (Å²) in [5.74, 6) is -0.195. The number of hydrogen-bond donors (Lipinski definition) is 2. The van der Waals surface area contributed by atoms with Crippen LogP contribution in [0.4, 0.5) is 0 Å². The average molecular weight is 344 g/mol. The fraction of sp³-hybridized carbons (Fsp3) is 0.125. The summed E-state index contributed by atoms with van der Waals surface area (Å²) in [4.78, 5) is 16.4. The summed E-state index contributed by atoms with van der Waals surface area (Å²) < 4.78 is 24.5. The van der Waals surface area contributed by atoms with Gasteiger partial charge in [0.1, 0.15) is 5.65 Å². The van der Waals surface area contributed by atoms with E-state index in [9.17, 15) is 13.2 Å². The number of hydrogen-bond acceptors (Lipinski definition) is 4. The molecule has 2 aromatic heterocycles. The number of nitrogens with two attached hydrogens (primary N) is 1. The van der Waals surface area contributed by atoms with E-state index in [1.807, 2.05) is 28.8 Å². The standard InChI is InChI=1S/C16H16N4O3S/c17-24(22,23)14-5-3-4-12(8-14)10-18-16(21)9-13-11-20-7-2-1-6-15(20)19-13/h1-8,11H,9-10H2,(H,18,21)(H2,17,22,23). The maximum Gasteiger partial charge on any atom is 0.238 e. The van der Waals surface area contributed by atoms with Crippen molar-refractivity contribution in [2.24, 2.45) is 5.14 Å². The van der Waals surface area contributed by atoms with E-state index < -0.39 is 10.0 Å². The molecule has 0 aliphatic heterocycles. The van der Waals surface area contributed by atoms with Gasteiger partial charge >= 0.3 is 0 Å². The van der Waals surface area contributed by atoms with E-state index in [0.29, 0.717) is 11.3 Å². The molecule has 2 heterocycles. The van der Waals surface area contributed by atoms with E-state index in [1.165, 1.54) is 12.1 Å². The van der Waals surface area contributed by atoms with E-state index in [-0.39, 0.29) is 23.8 Å². The molecule has 0 atom stereocenters. The first-order valence-electron chi connectivity index (χ1n) is 7.23. The molecule has 3 N–H and O–H groups in total. The molecular weight excluding hydrogens is 328 g/mol. The summed E-state index contributed by atoms with van der Waals surface area (Å²) in [6.45, 7) is 0.218. The molecule has 7 nitrogen and oxygen atoms in total. The molecular formula is C16H16N4O3S. The molecule has 0 bridgehead atoms. The molecule has 0 saturated carbocycles. The number of sulfonamides is 1. The lowest BCUT2D eigenvalue weighted by Crippen LogP contribution is -2.24. The minimum atomic E-state index is -3.75. The number of fused-ring (bicyclic) bond motifs is 1. The third-order valence-corrected chi connectivity index (χ3v) is 4.38. The van der Waals surface area contributed by atoms with E-state index in [0.717, 1.165) is 5.65 Å². The van der Waals surface area contributed by atoms with Gasteiger partial charge in [-0.2, -0.15) is 0 Å². The van der Waals surface area contributed by atoms with Gasteiger partial charge in [-0.15, -0.1) is 0 Å². The van der Waals surface area contributed by atoms with Crippen molar-refractivity contribution in [3.63, 3.8) is 0 Å². The van der Waals surface area contributed by atoms with Gasteiger partial charge in [0.05, 0.1) is 17.0 Å². The predicted molar refractivity (Wildman–Crippen MR) is 88.6 cm³/mol. The van der Waals surface area contributed by atoms with Crippen LogP contribution < -0.4 is 10.5 Å². The summed E-state index contributed by atoms with van der Waals surface area (Å²) in [5, 5.41) is 7.84. The topological polar surface area (TPSA) is 107 Å². The Morgan fingerprint density at radius 2 is 2.04 bits per heavy atom. The van der Waals surface area contributed by atoms with Gasteiger partial charge < -0.3 is 9.72 Å². The Hall–Kier alpha value is -2.71. The van der Waals surface area contributed by atoms with Crippen molar-refractivity contribution >= 4 is 21.6 Å². The van der Waals surface area contributed by atoms with Crippen LogP contribution >= 0.6 is 0 Å². The van der Waals surface area contributed by atoms with E-state index in [4.69, 9.17) is 5.14 Å². The van der Waals surface area contributed by atoms with Crippen molar-refractivity contribution in [1.82, 2.24) is 14.7 Å². The number of nitrogens with zero attached hydrogens (tertiary/aromatic N) is 2. The Balaban J connectivity index is 1.63. The number of amides is 1. The summed E-state index contributed by atoms with van der Waals surface area (Å²) in [6.07, 6.45) is 3.82. The molecule has 1 amide bonds. The monoisotopic (exact) mass is 344 g/mol. The summed E-state index contributed by atoms with van der Waals surface area (Å²) in [6, 6.07) is 11.8. The van der Waals surface area contributed by atoms with E-state index >= 15 is 0 Å². The molecule has 0 radical (unpaired) electrons. The summed E-state index contributed by atoms with van der Waals surface area (Å²) in [5.41, 5.74) is 2.10. The van der Waals surface area contributed by atoms with Crippen molar-refractivity contribution in [3.05, 3.63) is 66.1 Å². The van der Waals surface area contributed by atoms with Crippen molar-refractivity contribution < 1.29 is 13.2 Å². The molecule has 1 aromatic carbocycles. The maximum atomic E-state index is 12.0. The molecule has 24 heavy (non-hydrogen) atoms. The fourth-order valence-electron chi connectivity index (χ4n) is 2.33. The summed E-state index contributed by atoms with van der Waals surface area (Å²) in [7, 11) is -3.75. The Morgan fingerprint density at radius 1 is 1.21 bits per heavy atom. The number of primary sulfonamides is 1. The van der Waals surface area contributed by atoms with Crippen molar-refractivity contribution in [2.45, 2.75) is 17.9 Å². The predicted octanol–water partition coefficient (Wildman–Crippen LogP) is 0.841. The molecule has 3 rings (SSSR count). The van der Waals surface area contributed by atoms with Crippen LogP contribution in [0.25, 0.3) is 5.65 Å². The van der Waals surface area contributed by atoms with Gasteiger partial charge in [0, 0.05) is 18.9 Å². The maximum absolute atomic E-state index is 12.0. The first-order valence-corrected chi connectivity index (χ1v) is 8.77. The first kappa shape index (κ1) is 16.2. The second kappa shape index (κ2) is 6.42. The third-order valence-electron chi connectivity index (χ3n) is 3.47. The fourth-order valence-corrected chi connectivity index (χ4v) is 2.92. The Morgan fingerprint density at radius 3 is 2.79 bits per heavy atom. The lowest BCUT2D eigenvalue weighted by molar-refractivity contribution is -0.120. The Bertz CT molecular complexity index is 962. The number of imidazole rings is 1. The molecule has 3 aromatic rings. The molecule has 0 saturated heterocycles. The van der Waals surface area contributed by atoms with Gasteiger partial charge in [0.2, 0.25) is 15.9 Å². The molecule has 0 aliphatic rings. The van der Waals surface area contributed by atoms with Gasteiger partial charge in [-0.1, -0.05) is 18.2 Å². The zero-order valence-corrected chi connectivity index (χ0v) is 13.5. The van der Waals surface area contributed by atoms with Crippen LogP contribution in [0.5, 0.6) is 0 Å². The highest BCUT2D eigenvalue weighted by molar-refractivity contribution is 7.89. The number of aromatic nitrogens is 2. The van der Waals surface area contributed by atoms with Gasteiger partial charge in [0.25, 0.3) is 0 Å². The molecule has 0 aliphatic carbocycles. The van der Waals surface area contributed by atoms with Crippen LogP contribution in [0.3, 0.4) is 0 Å². The van der Waals surface area contributed by atoms with Gasteiger partial charge in [0.15, 0.2) is 0 Å². The zero-order chi connectivity index (χ0) is 17.2. The molecule has 124 valence electrons. The number of pyridine rings is 1. The summed E-state index contributed by atoms with van der Waals surface area (Å²) >= 11 is 0. The number of benzene rings is 1. The lowest BCUT2D eigenvalue weighted by Gasteiger charge is -2.06. The molecule has 0 fully saturated rings. The van der Waals surface area contributed by atoms with Crippen LogP contribution in [-0.4, -0.2) is 23.7 Å². The van der Waals surface area contributed by atoms with Crippen LogP contribution in [0, 0.1) is 0 Å². The normalized spacial score (nSPS) is 11.5. The quantitative estimate of drug-likeness (QED) is 0.715. The van der Waals surface area contributed by atoms with Crippen LogP contribution in [0.15, 0.2) is 59.8 Å². The number of rotatable bonds is 5. The lowest BCUT2D eigenvalue weighted by atomic mass is 10.2. The van der Waals surface area contributed by atoms with Crippen LogP contribution in [0.1, 0.15) is 11.3 Å². The Labute approximate surface area is 139 Å². The molecule has 8 heteroatoms. The number of nitrogens with one attached hydrogen (secondary N) is 1. The zero-order valence-electron chi connectivity index (χ0n) is 12.7. The number of carbonyl (C=O) groups is 1. The van der Waals surface area contributed by atoms with Crippen molar-refractivity contribution in [3.8, 4) is 0 Å². The number of carbonyl (C=O) groups excluding carboxylic acids is 1.